The first-order valence-corrected chi connectivity index (χ1v) is 10.4. The fourth-order valence-electron chi connectivity index (χ4n) is 4.02. The molecule has 5 rings (SSSR count). The second-order valence-corrected chi connectivity index (χ2v) is 7.65. The smallest absolute Gasteiger partial charge is 0.253 e. The summed E-state index contributed by atoms with van der Waals surface area (Å²) in [7, 11) is 0. The lowest BCUT2D eigenvalue weighted by Gasteiger charge is -2.35. The van der Waals surface area contributed by atoms with E-state index in [0.717, 1.165) is 40.3 Å². The summed E-state index contributed by atoms with van der Waals surface area (Å²) in [5.41, 5.74) is 3.72. The zero-order chi connectivity index (χ0) is 20.7. The van der Waals surface area contributed by atoms with Gasteiger partial charge in [-0.15, -0.1) is 5.10 Å². The average Bonchev–Trinajstić information content (AvgIpc) is 3.20. The number of nitrogens with zero attached hydrogens (tertiary/aromatic N) is 6. The third-order valence-corrected chi connectivity index (χ3v) is 5.73. The molecule has 1 aliphatic heterocycles. The largest absolute Gasteiger partial charge is 0.337 e. The molecular formula is C23H24N6O. The molecule has 0 aliphatic carbocycles. The summed E-state index contributed by atoms with van der Waals surface area (Å²) >= 11 is 0. The van der Waals surface area contributed by atoms with Crippen LogP contribution in [-0.2, 0) is 6.42 Å². The SMILES string of the molecule is CCc1ccc(C(=O)N2CCN(c3nc4ccccc4c4nc(C)nn34)CC2)cc1. The summed E-state index contributed by atoms with van der Waals surface area (Å²) in [5, 5.41) is 5.57. The minimum Gasteiger partial charge on any atom is -0.337 e. The van der Waals surface area contributed by atoms with Gasteiger partial charge in [-0.2, -0.15) is 4.52 Å². The van der Waals surface area contributed by atoms with E-state index in [2.05, 4.69) is 21.9 Å². The first-order chi connectivity index (χ1) is 14.6. The van der Waals surface area contributed by atoms with Crippen LogP contribution in [0.25, 0.3) is 16.6 Å². The van der Waals surface area contributed by atoms with Crippen LogP contribution in [0.2, 0.25) is 0 Å². The van der Waals surface area contributed by atoms with E-state index in [1.54, 1.807) is 0 Å². The Morgan fingerprint density at radius 3 is 2.43 bits per heavy atom. The van der Waals surface area contributed by atoms with Crippen LogP contribution in [0.4, 0.5) is 5.95 Å². The van der Waals surface area contributed by atoms with E-state index in [1.165, 1.54) is 5.56 Å². The third kappa shape index (κ3) is 3.16. The van der Waals surface area contributed by atoms with Crippen molar-refractivity contribution in [1.82, 2.24) is 24.5 Å². The highest BCUT2D eigenvalue weighted by Crippen LogP contribution is 2.23. The standard InChI is InChI=1S/C23H24N6O/c1-3-17-8-10-18(11-9-17)22(30)27-12-14-28(15-13-27)23-25-20-7-5-4-6-19(20)21-24-16(2)26-29(21)23/h4-11H,3,12-15H2,1-2H3. The van der Waals surface area contributed by atoms with Crippen LogP contribution in [0.5, 0.6) is 0 Å². The van der Waals surface area contributed by atoms with Gasteiger partial charge >= 0.3 is 0 Å². The number of aromatic nitrogens is 4. The Morgan fingerprint density at radius 1 is 0.967 bits per heavy atom. The molecule has 2 aromatic carbocycles. The minimum absolute atomic E-state index is 0.0884. The van der Waals surface area contributed by atoms with E-state index in [0.29, 0.717) is 26.2 Å². The summed E-state index contributed by atoms with van der Waals surface area (Å²) in [6.07, 6.45) is 0.974. The third-order valence-electron chi connectivity index (χ3n) is 5.73. The van der Waals surface area contributed by atoms with E-state index in [4.69, 9.17) is 4.98 Å². The fraction of sp³-hybridized carbons (Fsp3) is 0.304. The van der Waals surface area contributed by atoms with E-state index < -0.39 is 0 Å². The lowest BCUT2D eigenvalue weighted by atomic mass is 10.1. The predicted molar refractivity (Wildman–Crippen MR) is 117 cm³/mol. The monoisotopic (exact) mass is 400 g/mol. The molecule has 1 saturated heterocycles. The fourth-order valence-corrected chi connectivity index (χ4v) is 4.02. The molecular weight excluding hydrogens is 376 g/mol. The molecule has 0 N–H and O–H groups in total. The molecule has 0 atom stereocenters. The molecule has 0 saturated carbocycles. The van der Waals surface area contributed by atoms with Crippen molar-refractivity contribution >= 4 is 28.4 Å². The molecule has 1 fully saturated rings. The number of piperazine rings is 1. The molecule has 7 nitrogen and oxygen atoms in total. The molecule has 1 aliphatic rings. The van der Waals surface area contributed by atoms with Gasteiger partial charge in [-0.1, -0.05) is 31.2 Å². The number of carbonyl (C=O) groups is 1. The van der Waals surface area contributed by atoms with E-state index in [-0.39, 0.29) is 5.91 Å². The van der Waals surface area contributed by atoms with Gasteiger partial charge in [0, 0.05) is 37.1 Å². The summed E-state index contributed by atoms with van der Waals surface area (Å²) in [6.45, 7) is 6.72. The first-order valence-electron chi connectivity index (χ1n) is 10.4. The van der Waals surface area contributed by atoms with Crippen LogP contribution in [-0.4, -0.2) is 56.6 Å². The zero-order valence-corrected chi connectivity index (χ0v) is 17.2. The lowest BCUT2D eigenvalue weighted by molar-refractivity contribution is 0.0746. The summed E-state index contributed by atoms with van der Waals surface area (Å²) in [5.74, 6) is 1.59. The Labute approximate surface area is 175 Å². The van der Waals surface area contributed by atoms with Crippen LogP contribution in [0, 0.1) is 6.92 Å². The molecule has 0 spiro atoms. The highest BCUT2D eigenvalue weighted by atomic mass is 16.2. The Kier molecular flexibility index (Phi) is 4.58. The number of hydrogen-bond donors (Lipinski definition) is 0. The maximum Gasteiger partial charge on any atom is 0.253 e. The summed E-state index contributed by atoms with van der Waals surface area (Å²) in [6, 6.07) is 15.9. The molecule has 3 heterocycles. The molecule has 30 heavy (non-hydrogen) atoms. The highest BCUT2D eigenvalue weighted by molar-refractivity contribution is 5.94. The Hall–Kier alpha value is -3.48. The van der Waals surface area contributed by atoms with Crippen molar-refractivity contribution in [2.75, 3.05) is 31.1 Å². The molecule has 4 aromatic rings. The number of fused-ring (bicyclic) bond motifs is 3. The van der Waals surface area contributed by atoms with Crippen LogP contribution in [0.15, 0.2) is 48.5 Å². The van der Waals surface area contributed by atoms with Gasteiger partial charge in [0.05, 0.1) is 5.52 Å². The summed E-state index contributed by atoms with van der Waals surface area (Å²) < 4.78 is 1.83. The van der Waals surface area contributed by atoms with Gasteiger partial charge in [-0.3, -0.25) is 4.79 Å². The van der Waals surface area contributed by atoms with Crippen molar-refractivity contribution in [3.8, 4) is 0 Å². The van der Waals surface area contributed by atoms with Crippen molar-refractivity contribution in [3.05, 3.63) is 65.5 Å². The predicted octanol–water partition coefficient (Wildman–Crippen LogP) is 3.11. The normalized spacial score (nSPS) is 14.6. The quantitative estimate of drug-likeness (QED) is 0.529. The van der Waals surface area contributed by atoms with Gasteiger partial charge in [0.25, 0.3) is 5.91 Å². The van der Waals surface area contributed by atoms with E-state index in [9.17, 15) is 4.79 Å². The number of hydrogen-bond acceptors (Lipinski definition) is 5. The maximum absolute atomic E-state index is 12.9. The van der Waals surface area contributed by atoms with Gasteiger partial charge < -0.3 is 9.80 Å². The van der Waals surface area contributed by atoms with Crippen molar-refractivity contribution in [1.29, 1.82) is 0 Å². The van der Waals surface area contributed by atoms with Crippen molar-refractivity contribution in [2.45, 2.75) is 20.3 Å². The van der Waals surface area contributed by atoms with Gasteiger partial charge in [0.1, 0.15) is 5.82 Å². The van der Waals surface area contributed by atoms with Crippen LogP contribution < -0.4 is 4.90 Å². The van der Waals surface area contributed by atoms with Crippen molar-refractivity contribution in [2.24, 2.45) is 0 Å². The summed E-state index contributed by atoms with van der Waals surface area (Å²) in [4.78, 5) is 26.5. The zero-order valence-electron chi connectivity index (χ0n) is 17.2. The number of rotatable bonds is 3. The molecule has 2 aromatic heterocycles. The van der Waals surface area contributed by atoms with Crippen LogP contribution >= 0.6 is 0 Å². The Balaban J connectivity index is 1.39. The number of para-hydroxylation sites is 1. The minimum atomic E-state index is 0.0884. The van der Waals surface area contributed by atoms with Crippen molar-refractivity contribution < 1.29 is 4.79 Å². The second-order valence-electron chi connectivity index (χ2n) is 7.65. The van der Waals surface area contributed by atoms with Gasteiger partial charge in [-0.05, 0) is 43.2 Å². The van der Waals surface area contributed by atoms with Crippen LogP contribution in [0.1, 0.15) is 28.7 Å². The molecule has 152 valence electrons. The van der Waals surface area contributed by atoms with Gasteiger partial charge in [-0.25, -0.2) is 9.97 Å². The lowest BCUT2D eigenvalue weighted by Crippen LogP contribution is -2.49. The molecule has 7 heteroatoms. The van der Waals surface area contributed by atoms with Crippen molar-refractivity contribution in [3.63, 3.8) is 0 Å². The first kappa shape index (κ1) is 18.5. The number of amides is 1. The van der Waals surface area contributed by atoms with Crippen LogP contribution in [0.3, 0.4) is 0 Å². The molecule has 0 bridgehead atoms. The van der Waals surface area contributed by atoms with E-state index in [1.807, 2.05) is 64.9 Å². The highest BCUT2D eigenvalue weighted by Gasteiger charge is 2.25. The average molecular weight is 400 g/mol. The second kappa shape index (κ2) is 7.40. The van der Waals surface area contributed by atoms with E-state index >= 15 is 0 Å². The maximum atomic E-state index is 12.9. The molecule has 0 unspecified atom stereocenters. The Bertz CT molecular complexity index is 1220. The topological polar surface area (TPSA) is 66.6 Å². The van der Waals surface area contributed by atoms with Gasteiger partial charge in [0.15, 0.2) is 5.65 Å². The van der Waals surface area contributed by atoms with Gasteiger partial charge in [0.2, 0.25) is 5.95 Å². The number of carbonyl (C=O) groups excluding carboxylic acids is 1. The molecule has 1 amide bonds. The molecule has 0 radical (unpaired) electrons. The number of benzene rings is 2. The number of anilines is 1. The number of aryl methyl sites for hydroxylation is 2. The Morgan fingerprint density at radius 2 is 1.70 bits per heavy atom.